The molecule has 0 unspecified atom stereocenters. The van der Waals surface area contributed by atoms with Gasteiger partial charge in [-0.3, -0.25) is 4.79 Å². The summed E-state index contributed by atoms with van der Waals surface area (Å²) in [4.78, 5) is 10.2. The van der Waals surface area contributed by atoms with Crippen molar-refractivity contribution in [1.82, 2.24) is 0 Å². The van der Waals surface area contributed by atoms with Crippen molar-refractivity contribution < 1.29 is 4.79 Å². The number of rotatable bonds is 5. The van der Waals surface area contributed by atoms with Gasteiger partial charge in [0.2, 0.25) is 5.91 Å². The van der Waals surface area contributed by atoms with Crippen LogP contribution < -0.4 is 5.73 Å². The van der Waals surface area contributed by atoms with Gasteiger partial charge in [0.25, 0.3) is 0 Å². The van der Waals surface area contributed by atoms with E-state index >= 15 is 0 Å². The van der Waals surface area contributed by atoms with E-state index in [4.69, 9.17) is 5.73 Å². The standard InChI is InChI=1S/C9H15NO/c1-2-3-4-5-6-7-8-9(10)11/h3-4,7-8H,2,5-6H2,1H3,(H2,10,11)/b4-3-,8-7+. The Balaban J connectivity index is 3.27. The van der Waals surface area contributed by atoms with E-state index in [-0.39, 0.29) is 5.91 Å². The van der Waals surface area contributed by atoms with Crippen molar-refractivity contribution >= 4 is 5.91 Å². The highest BCUT2D eigenvalue weighted by Crippen LogP contribution is 1.93. The van der Waals surface area contributed by atoms with Crippen LogP contribution in [0.4, 0.5) is 0 Å². The summed E-state index contributed by atoms with van der Waals surface area (Å²) in [6, 6.07) is 0. The molecule has 0 radical (unpaired) electrons. The first kappa shape index (κ1) is 9.95. The summed E-state index contributed by atoms with van der Waals surface area (Å²) < 4.78 is 0. The van der Waals surface area contributed by atoms with Crippen LogP contribution in [-0.2, 0) is 4.79 Å². The number of nitrogens with two attached hydrogens (primary N) is 1. The number of allylic oxidation sites excluding steroid dienone is 3. The Morgan fingerprint density at radius 3 is 2.45 bits per heavy atom. The largest absolute Gasteiger partial charge is 0.366 e. The van der Waals surface area contributed by atoms with E-state index in [0.29, 0.717) is 0 Å². The fourth-order valence-corrected chi connectivity index (χ4v) is 0.676. The first-order valence-corrected chi connectivity index (χ1v) is 3.88. The van der Waals surface area contributed by atoms with Gasteiger partial charge < -0.3 is 5.73 Å². The molecule has 62 valence electrons. The molecule has 0 heterocycles. The van der Waals surface area contributed by atoms with Gasteiger partial charge >= 0.3 is 0 Å². The molecule has 0 saturated carbocycles. The Morgan fingerprint density at radius 1 is 1.27 bits per heavy atom. The molecule has 0 saturated heterocycles. The average molecular weight is 153 g/mol. The summed E-state index contributed by atoms with van der Waals surface area (Å²) in [6.45, 7) is 2.09. The topological polar surface area (TPSA) is 43.1 Å². The van der Waals surface area contributed by atoms with Crippen LogP contribution in [0.15, 0.2) is 24.3 Å². The second-order valence-electron chi connectivity index (χ2n) is 2.26. The third-order valence-corrected chi connectivity index (χ3v) is 1.18. The lowest BCUT2D eigenvalue weighted by molar-refractivity contribution is -0.113. The maximum absolute atomic E-state index is 10.2. The molecule has 0 spiro atoms. The van der Waals surface area contributed by atoms with Crippen molar-refractivity contribution in [1.29, 1.82) is 0 Å². The summed E-state index contributed by atoms with van der Waals surface area (Å²) >= 11 is 0. The molecule has 0 rings (SSSR count). The van der Waals surface area contributed by atoms with Gasteiger partial charge in [0.05, 0.1) is 0 Å². The van der Waals surface area contributed by atoms with E-state index in [1.165, 1.54) is 6.08 Å². The number of carbonyl (C=O) groups excluding carboxylic acids is 1. The van der Waals surface area contributed by atoms with Crippen molar-refractivity contribution in [3.63, 3.8) is 0 Å². The van der Waals surface area contributed by atoms with Crippen molar-refractivity contribution in [3.05, 3.63) is 24.3 Å². The predicted molar refractivity (Wildman–Crippen MR) is 47.0 cm³/mol. The fraction of sp³-hybridized carbons (Fsp3) is 0.444. The van der Waals surface area contributed by atoms with Crippen molar-refractivity contribution in [2.45, 2.75) is 26.2 Å². The number of hydrogen-bond donors (Lipinski definition) is 1. The Morgan fingerprint density at radius 2 is 1.91 bits per heavy atom. The Kier molecular flexibility index (Phi) is 6.39. The molecular formula is C9H15NO. The van der Waals surface area contributed by atoms with Gasteiger partial charge in [0.15, 0.2) is 0 Å². The molecule has 0 aliphatic heterocycles. The molecule has 11 heavy (non-hydrogen) atoms. The second-order valence-corrected chi connectivity index (χ2v) is 2.26. The number of carbonyl (C=O) groups is 1. The van der Waals surface area contributed by atoms with Gasteiger partial charge in [-0.15, -0.1) is 0 Å². The van der Waals surface area contributed by atoms with Crippen LogP contribution in [-0.4, -0.2) is 5.91 Å². The van der Waals surface area contributed by atoms with Gasteiger partial charge in [-0.25, -0.2) is 0 Å². The Bertz CT molecular complexity index is 159. The first-order valence-electron chi connectivity index (χ1n) is 3.88. The molecule has 0 aliphatic rings. The lowest BCUT2D eigenvalue weighted by Crippen LogP contribution is -2.05. The summed E-state index contributed by atoms with van der Waals surface area (Å²) in [5.41, 5.74) is 4.89. The molecule has 0 aromatic heterocycles. The van der Waals surface area contributed by atoms with Gasteiger partial charge in [-0.2, -0.15) is 0 Å². The van der Waals surface area contributed by atoms with Crippen molar-refractivity contribution in [3.8, 4) is 0 Å². The quantitative estimate of drug-likeness (QED) is 0.365. The zero-order chi connectivity index (χ0) is 8.53. The number of amides is 1. The molecule has 0 aromatic carbocycles. The molecule has 0 aromatic rings. The number of primary amides is 1. The van der Waals surface area contributed by atoms with Gasteiger partial charge in [0, 0.05) is 0 Å². The van der Waals surface area contributed by atoms with Crippen LogP contribution in [0.2, 0.25) is 0 Å². The Labute approximate surface area is 67.8 Å². The van der Waals surface area contributed by atoms with E-state index < -0.39 is 0 Å². The van der Waals surface area contributed by atoms with Crippen LogP contribution >= 0.6 is 0 Å². The van der Waals surface area contributed by atoms with E-state index in [1.54, 1.807) is 6.08 Å². The van der Waals surface area contributed by atoms with E-state index in [9.17, 15) is 4.79 Å². The van der Waals surface area contributed by atoms with Crippen LogP contribution in [0, 0.1) is 0 Å². The monoisotopic (exact) mass is 153 g/mol. The molecular weight excluding hydrogens is 138 g/mol. The second kappa shape index (κ2) is 7.06. The third kappa shape index (κ3) is 8.95. The molecule has 1 amide bonds. The lowest BCUT2D eigenvalue weighted by Gasteiger charge is -1.84. The third-order valence-electron chi connectivity index (χ3n) is 1.18. The minimum Gasteiger partial charge on any atom is -0.366 e. The van der Waals surface area contributed by atoms with Crippen LogP contribution in [0.25, 0.3) is 0 Å². The van der Waals surface area contributed by atoms with Crippen molar-refractivity contribution in [2.75, 3.05) is 0 Å². The maximum Gasteiger partial charge on any atom is 0.241 e. The molecule has 0 atom stereocenters. The SMILES string of the molecule is CC/C=C\CC/C=C/C(N)=O. The van der Waals surface area contributed by atoms with Crippen LogP contribution in [0.3, 0.4) is 0 Å². The number of hydrogen-bond acceptors (Lipinski definition) is 1. The average Bonchev–Trinajstić information content (AvgIpc) is 1.96. The van der Waals surface area contributed by atoms with E-state index in [0.717, 1.165) is 19.3 Å². The minimum atomic E-state index is -0.371. The normalized spacial score (nSPS) is 11.4. The predicted octanol–water partition coefficient (Wildman–Crippen LogP) is 1.77. The van der Waals surface area contributed by atoms with Crippen LogP contribution in [0.1, 0.15) is 26.2 Å². The van der Waals surface area contributed by atoms with E-state index in [2.05, 4.69) is 19.1 Å². The Hall–Kier alpha value is -1.05. The lowest BCUT2D eigenvalue weighted by atomic mass is 10.2. The highest BCUT2D eigenvalue weighted by atomic mass is 16.1. The molecule has 0 bridgehead atoms. The van der Waals surface area contributed by atoms with Gasteiger partial charge in [0.1, 0.15) is 0 Å². The molecule has 0 fully saturated rings. The van der Waals surface area contributed by atoms with Crippen LogP contribution in [0.5, 0.6) is 0 Å². The fourth-order valence-electron chi connectivity index (χ4n) is 0.676. The molecule has 2 N–H and O–H groups in total. The van der Waals surface area contributed by atoms with Gasteiger partial charge in [-0.05, 0) is 25.3 Å². The van der Waals surface area contributed by atoms with E-state index in [1.807, 2.05) is 0 Å². The van der Waals surface area contributed by atoms with Gasteiger partial charge in [-0.1, -0.05) is 25.2 Å². The number of unbranched alkanes of at least 4 members (excludes halogenated alkanes) is 1. The maximum atomic E-state index is 10.2. The summed E-state index contributed by atoms with van der Waals surface area (Å²) in [5, 5.41) is 0. The minimum absolute atomic E-state index is 0.371. The molecule has 2 nitrogen and oxygen atoms in total. The highest BCUT2D eigenvalue weighted by molar-refractivity contribution is 5.85. The van der Waals surface area contributed by atoms with Crippen molar-refractivity contribution in [2.24, 2.45) is 5.73 Å². The first-order chi connectivity index (χ1) is 5.27. The highest BCUT2D eigenvalue weighted by Gasteiger charge is 1.80. The molecule has 2 heteroatoms. The summed E-state index contributed by atoms with van der Waals surface area (Å²) in [6.07, 6.45) is 10.3. The zero-order valence-corrected chi connectivity index (χ0v) is 6.92. The smallest absolute Gasteiger partial charge is 0.241 e. The molecule has 0 aliphatic carbocycles. The summed E-state index contributed by atoms with van der Waals surface area (Å²) in [7, 11) is 0. The zero-order valence-electron chi connectivity index (χ0n) is 6.92. The summed E-state index contributed by atoms with van der Waals surface area (Å²) in [5.74, 6) is -0.371.